The molecular formula is C14H10ClF4N3O2S. The number of nitrogens with zero attached hydrogens (tertiary/aromatic N) is 2. The number of nitrogens with one attached hydrogen (secondary N) is 1. The molecule has 0 fully saturated rings. The number of methoxy groups -OCH3 is 1. The van der Waals surface area contributed by atoms with Crippen molar-refractivity contribution in [3.05, 3.63) is 52.3 Å². The summed E-state index contributed by atoms with van der Waals surface area (Å²) in [4.78, 5) is 18.7. The standard InChI is InChI=1S/C14H10ClF4N3O2S/c1-24-13(23)11-5-20-10(12(22-11)14(17,18)19)6-21-25-7-2-3-9(16)8(15)4-7/h2-5,21H,6H2,1H3. The first-order valence-electron chi connectivity index (χ1n) is 6.58. The molecule has 1 heterocycles. The van der Waals surface area contributed by atoms with Crippen LogP contribution in [0.15, 0.2) is 29.3 Å². The molecule has 1 N–H and O–H groups in total. The lowest BCUT2D eigenvalue weighted by molar-refractivity contribution is -0.142. The predicted octanol–water partition coefficient (Wildman–Crippen LogP) is 3.87. The van der Waals surface area contributed by atoms with Gasteiger partial charge in [0.25, 0.3) is 0 Å². The maximum absolute atomic E-state index is 13.1. The number of ether oxygens (including phenoxy) is 1. The van der Waals surface area contributed by atoms with Gasteiger partial charge in [0.05, 0.1) is 30.6 Å². The third-order valence-corrected chi connectivity index (χ3v) is 3.90. The van der Waals surface area contributed by atoms with E-state index in [9.17, 15) is 22.4 Å². The van der Waals surface area contributed by atoms with Crippen LogP contribution in [0.25, 0.3) is 0 Å². The van der Waals surface area contributed by atoms with Gasteiger partial charge < -0.3 is 4.74 Å². The number of halogens is 5. The van der Waals surface area contributed by atoms with Crippen LogP contribution in [0.1, 0.15) is 21.9 Å². The number of hydrogen-bond acceptors (Lipinski definition) is 6. The molecule has 0 amide bonds. The van der Waals surface area contributed by atoms with Crippen molar-refractivity contribution in [2.24, 2.45) is 0 Å². The van der Waals surface area contributed by atoms with Crippen molar-refractivity contribution in [2.45, 2.75) is 17.6 Å². The van der Waals surface area contributed by atoms with Crippen LogP contribution in [0.3, 0.4) is 0 Å². The zero-order valence-corrected chi connectivity index (χ0v) is 14.1. The van der Waals surface area contributed by atoms with E-state index in [-0.39, 0.29) is 11.6 Å². The van der Waals surface area contributed by atoms with Gasteiger partial charge in [-0.2, -0.15) is 13.2 Å². The fourth-order valence-corrected chi connectivity index (χ4v) is 2.64. The molecule has 1 aromatic heterocycles. The number of hydrogen-bond donors (Lipinski definition) is 1. The van der Waals surface area contributed by atoms with Gasteiger partial charge in [0, 0.05) is 4.90 Å². The maximum atomic E-state index is 13.1. The van der Waals surface area contributed by atoms with Gasteiger partial charge in [0.2, 0.25) is 0 Å². The summed E-state index contributed by atoms with van der Waals surface area (Å²) in [5.74, 6) is -1.62. The van der Waals surface area contributed by atoms with E-state index in [1.807, 2.05) is 0 Å². The van der Waals surface area contributed by atoms with E-state index in [2.05, 4.69) is 19.4 Å². The zero-order chi connectivity index (χ0) is 18.6. The first-order valence-corrected chi connectivity index (χ1v) is 7.78. The van der Waals surface area contributed by atoms with Crippen molar-refractivity contribution in [3.63, 3.8) is 0 Å². The molecule has 0 radical (unpaired) electrons. The first kappa shape index (κ1) is 19.4. The second-order valence-corrected chi connectivity index (χ2v) is 5.91. The molecule has 0 unspecified atom stereocenters. The summed E-state index contributed by atoms with van der Waals surface area (Å²) in [5, 5.41) is -0.106. The monoisotopic (exact) mass is 395 g/mol. The molecule has 2 rings (SSSR count). The van der Waals surface area contributed by atoms with E-state index in [4.69, 9.17) is 11.6 Å². The predicted molar refractivity (Wildman–Crippen MR) is 82.5 cm³/mol. The van der Waals surface area contributed by atoms with Crippen LogP contribution in [-0.4, -0.2) is 23.0 Å². The third-order valence-electron chi connectivity index (χ3n) is 2.83. The lowest BCUT2D eigenvalue weighted by Crippen LogP contribution is -2.20. The van der Waals surface area contributed by atoms with Crippen LogP contribution >= 0.6 is 23.5 Å². The average molecular weight is 396 g/mol. The topological polar surface area (TPSA) is 64.1 Å². The molecule has 25 heavy (non-hydrogen) atoms. The van der Waals surface area contributed by atoms with Gasteiger partial charge in [-0.15, -0.1) is 0 Å². The van der Waals surface area contributed by atoms with Crippen LogP contribution in [0.4, 0.5) is 17.6 Å². The Morgan fingerprint density at radius 3 is 2.72 bits per heavy atom. The summed E-state index contributed by atoms with van der Waals surface area (Å²) >= 11 is 6.57. The summed E-state index contributed by atoms with van der Waals surface area (Å²) < 4.78 is 59.3. The van der Waals surface area contributed by atoms with Crippen molar-refractivity contribution in [1.29, 1.82) is 0 Å². The molecule has 0 bridgehead atoms. The average Bonchev–Trinajstić information content (AvgIpc) is 2.56. The minimum Gasteiger partial charge on any atom is -0.464 e. The quantitative estimate of drug-likeness (QED) is 0.471. The Morgan fingerprint density at radius 2 is 2.12 bits per heavy atom. The van der Waals surface area contributed by atoms with Crippen molar-refractivity contribution in [2.75, 3.05) is 7.11 Å². The molecule has 0 aliphatic heterocycles. The van der Waals surface area contributed by atoms with Crippen LogP contribution in [0.5, 0.6) is 0 Å². The number of alkyl halides is 3. The number of carbonyl (C=O) groups excluding carboxylic acids is 1. The van der Waals surface area contributed by atoms with E-state index >= 15 is 0 Å². The van der Waals surface area contributed by atoms with Crippen LogP contribution in [0, 0.1) is 5.82 Å². The number of aromatic nitrogens is 2. The number of carbonyl (C=O) groups is 1. The van der Waals surface area contributed by atoms with Gasteiger partial charge in [-0.3, -0.25) is 9.71 Å². The molecule has 0 spiro atoms. The van der Waals surface area contributed by atoms with Gasteiger partial charge in [-0.05, 0) is 30.1 Å². The Bertz CT molecular complexity index is 789. The minimum atomic E-state index is -4.79. The normalized spacial score (nSPS) is 11.4. The van der Waals surface area contributed by atoms with Crippen molar-refractivity contribution in [3.8, 4) is 0 Å². The van der Waals surface area contributed by atoms with Crippen molar-refractivity contribution in [1.82, 2.24) is 14.7 Å². The Kier molecular flexibility index (Phi) is 6.20. The number of esters is 1. The summed E-state index contributed by atoms with van der Waals surface area (Å²) in [7, 11) is 1.03. The van der Waals surface area contributed by atoms with Gasteiger partial charge in [-0.25, -0.2) is 14.2 Å². The second-order valence-electron chi connectivity index (χ2n) is 4.54. The Balaban J connectivity index is 2.15. The molecule has 0 atom stereocenters. The van der Waals surface area contributed by atoms with E-state index in [1.165, 1.54) is 12.1 Å². The van der Waals surface area contributed by atoms with E-state index < -0.39 is 35.0 Å². The lowest BCUT2D eigenvalue weighted by atomic mass is 10.2. The zero-order valence-electron chi connectivity index (χ0n) is 12.5. The Morgan fingerprint density at radius 1 is 1.40 bits per heavy atom. The fourth-order valence-electron chi connectivity index (χ4n) is 1.70. The van der Waals surface area contributed by atoms with Crippen LogP contribution in [-0.2, 0) is 17.5 Å². The highest BCUT2D eigenvalue weighted by Crippen LogP contribution is 2.30. The molecule has 2 aromatic rings. The molecule has 5 nitrogen and oxygen atoms in total. The number of rotatable bonds is 5. The van der Waals surface area contributed by atoms with Crippen LogP contribution < -0.4 is 4.72 Å². The number of benzene rings is 1. The third kappa shape index (κ3) is 5.03. The summed E-state index contributed by atoms with van der Waals surface area (Å²) in [6, 6.07) is 3.87. The summed E-state index contributed by atoms with van der Waals surface area (Å²) in [5.41, 5.74) is -2.24. The van der Waals surface area contributed by atoms with Gasteiger partial charge >= 0.3 is 12.1 Å². The fraction of sp³-hybridized carbons (Fsp3) is 0.214. The van der Waals surface area contributed by atoms with E-state index in [0.29, 0.717) is 4.90 Å². The van der Waals surface area contributed by atoms with Gasteiger partial charge in [0.1, 0.15) is 5.82 Å². The second kappa shape index (κ2) is 7.98. The maximum Gasteiger partial charge on any atom is 0.435 e. The largest absolute Gasteiger partial charge is 0.464 e. The molecule has 134 valence electrons. The van der Waals surface area contributed by atoms with Gasteiger partial charge in [0.15, 0.2) is 11.4 Å². The highest BCUT2D eigenvalue weighted by Gasteiger charge is 2.37. The van der Waals surface area contributed by atoms with E-state index in [1.54, 1.807) is 0 Å². The first-order chi connectivity index (χ1) is 11.7. The van der Waals surface area contributed by atoms with Crippen LogP contribution in [0.2, 0.25) is 5.02 Å². The van der Waals surface area contributed by atoms with E-state index in [0.717, 1.165) is 31.3 Å². The Hall–Kier alpha value is -1.91. The molecule has 0 aliphatic carbocycles. The minimum absolute atomic E-state index is 0.106. The summed E-state index contributed by atoms with van der Waals surface area (Å²) in [6.45, 7) is -0.303. The molecule has 1 aromatic carbocycles. The lowest BCUT2D eigenvalue weighted by Gasteiger charge is -2.12. The molecule has 0 saturated heterocycles. The smallest absolute Gasteiger partial charge is 0.435 e. The SMILES string of the molecule is COC(=O)c1cnc(CNSc2ccc(F)c(Cl)c2)c(C(F)(F)F)n1. The van der Waals surface area contributed by atoms with Crippen molar-refractivity contribution < 1.29 is 27.1 Å². The molecule has 11 heteroatoms. The summed E-state index contributed by atoms with van der Waals surface area (Å²) in [6.07, 6.45) is -3.89. The molecule has 0 saturated carbocycles. The molecular weight excluding hydrogens is 386 g/mol. The Labute approximate surface area is 148 Å². The molecule has 0 aliphatic rings. The van der Waals surface area contributed by atoms with Gasteiger partial charge in [-0.1, -0.05) is 11.6 Å². The van der Waals surface area contributed by atoms with Crippen molar-refractivity contribution >= 4 is 29.5 Å². The highest BCUT2D eigenvalue weighted by atomic mass is 35.5. The highest BCUT2D eigenvalue weighted by molar-refractivity contribution is 7.97.